The first-order chi connectivity index (χ1) is 26.5. The molecule has 0 N–H and O–H groups in total. The Hall–Kier alpha value is -2.03. The third-order valence-corrected chi connectivity index (χ3v) is 10.2. The summed E-state index contributed by atoms with van der Waals surface area (Å²) in [5.74, 6) is -0.860. The molecule has 9 nitrogen and oxygen atoms in total. The third-order valence-electron chi connectivity index (χ3n) is 9.21. The number of allylic oxidation sites excluding steroid dienone is 8. The molecule has 10 heteroatoms. The Morgan fingerprint density at radius 3 is 1.55 bits per heavy atom. The minimum absolute atomic E-state index is 0.0365. The van der Waals surface area contributed by atoms with Crippen LogP contribution in [0.5, 0.6) is 0 Å². The van der Waals surface area contributed by atoms with E-state index in [4.69, 9.17) is 18.5 Å². The Morgan fingerprint density at radius 1 is 0.582 bits per heavy atom. The first-order valence-corrected chi connectivity index (χ1v) is 23.4. The zero-order chi connectivity index (χ0) is 40.7. The maximum absolute atomic E-state index is 12.7. The molecule has 0 aliphatic heterocycles. The van der Waals surface area contributed by atoms with Crippen molar-refractivity contribution in [2.45, 2.75) is 180 Å². The molecule has 0 fully saturated rings. The number of hydrogen-bond acceptors (Lipinski definition) is 8. The summed E-state index contributed by atoms with van der Waals surface area (Å²) in [5.41, 5.74) is 0. The van der Waals surface area contributed by atoms with Crippen LogP contribution < -0.4 is 4.89 Å². The summed E-state index contributed by atoms with van der Waals surface area (Å²) in [4.78, 5) is 37.5. The van der Waals surface area contributed by atoms with E-state index in [1.165, 1.54) is 83.5 Å². The molecular formula is C45H82NO8P. The number of hydrogen-bond donors (Lipinski definition) is 0. The molecule has 0 saturated carbocycles. The number of carbonyl (C=O) groups excluding carboxylic acids is 2. The molecule has 0 aliphatic carbocycles. The number of ether oxygens (including phenoxy) is 2. The van der Waals surface area contributed by atoms with Crippen molar-refractivity contribution in [3.8, 4) is 0 Å². The Balaban J connectivity index is 4.39. The van der Waals surface area contributed by atoms with Gasteiger partial charge >= 0.3 is 11.9 Å². The molecule has 0 saturated heterocycles. The maximum atomic E-state index is 12.7. The van der Waals surface area contributed by atoms with E-state index in [-0.39, 0.29) is 26.1 Å². The van der Waals surface area contributed by atoms with Gasteiger partial charge in [0.2, 0.25) is 0 Å². The van der Waals surface area contributed by atoms with E-state index in [2.05, 4.69) is 32.1 Å². The van der Waals surface area contributed by atoms with Gasteiger partial charge in [0.25, 0.3) is 7.82 Å². The molecule has 1 unspecified atom stereocenters. The highest BCUT2D eigenvalue weighted by molar-refractivity contribution is 7.45. The quantitative estimate of drug-likeness (QED) is 0.0199. The summed E-state index contributed by atoms with van der Waals surface area (Å²) in [7, 11) is 1.14. The van der Waals surface area contributed by atoms with Crippen LogP contribution in [0.4, 0.5) is 0 Å². The van der Waals surface area contributed by atoms with Crippen LogP contribution in [0.2, 0.25) is 0 Å². The van der Waals surface area contributed by atoms with E-state index in [1.807, 2.05) is 51.5 Å². The average molecular weight is 796 g/mol. The zero-order valence-electron chi connectivity index (χ0n) is 35.9. The lowest BCUT2D eigenvalue weighted by Crippen LogP contribution is -2.37. The van der Waals surface area contributed by atoms with E-state index in [9.17, 15) is 19.0 Å². The van der Waals surface area contributed by atoms with E-state index in [0.717, 1.165) is 57.8 Å². The highest BCUT2D eigenvalue weighted by Gasteiger charge is 2.21. The summed E-state index contributed by atoms with van der Waals surface area (Å²) in [6, 6.07) is 0. The fourth-order valence-corrected chi connectivity index (χ4v) is 6.51. The van der Waals surface area contributed by atoms with Crippen molar-refractivity contribution in [3.05, 3.63) is 48.6 Å². The number of likely N-dealkylation sites (N-methyl/N-ethyl adjacent to an activating group) is 1. The molecule has 55 heavy (non-hydrogen) atoms. The van der Waals surface area contributed by atoms with Gasteiger partial charge in [-0.3, -0.25) is 14.2 Å². The van der Waals surface area contributed by atoms with Gasteiger partial charge in [-0.1, -0.05) is 178 Å². The Morgan fingerprint density at radius 2 is 1.04 bits per heavy atom. The van der Waals surface area contributed by atoms with E-state index < -0.39 is 32.5 Å². The van der Waals surface area contributed by atoms with Crippen molar-refractivity contribution >= 4 is 19.8 Å². The van der Waals surface area contributed by atoms with Gasteiger partial charge in [-0.05, 0) is 32.1 Å². The predicted octanol–water partition coefficient (Wildman–Crippen LogP) is 11.7. The Labute approximate surface area is 337 Å². The van der Waals surface area contributed by atoms with Crippen LogP contribution in [-0.2, 0) is 32.7 Å². The molecule has 0 spiro atoms. The zero-order valence-corrected chi connectivity index (χ0v) is 36.8. The van der Waals surface area contributed by atoms with Gasteiger partial charge in [-0.15, -0.1) is 0 Å². The second-order valence-electron chi connectivity index (χ2n) is 15.8. The monoisotopic (exact) mass is 796 g/mol. The Bertz CT molecular complexity index is 1080. The fraction of sp³-hybridized carbons (Fsp3) is 0.778. The lowest BCUT2D eigenvalue weighted by molar-refractivity contribution is -0.870. The number of phosphoric ester groups is 1. The second kappa shape index (κ2) is 37.5. The molecule has 0 aliphatic rings. The molecule has 0 radical (unpaired) electrons. The molecule has 0 aromatic heterocycles. The van der Waals surface area contributed by atoms with Crippen molar-refractivity contribution in [2.75, 3.05) is 47.5 Å². The number of rotatable bonds is 39. The van der Waals surface area contributed by atoms with Crippen molar-refractivity contribution in [3.63, 3.8) is 0 Å². The number of esters is 2. The summed E-state index contributed by atoms with van der Waals surface area (Å²) in [6.45, 7) is 4.06. The minimum atomic E-state index is -4.63. The lowest BCUT2D eigenvalue weighted by Gasteiger charge is -2.28. The predicted molar refractivity (Wildman–Crippen MR) is 227 cm³/mol. The summed E-state index contributed by atoms with van der Waals surface area (Å²) >= 11 is 0. The van der Waals surface area contributed by atoms with Crippen LogP contribution in [0.25, 0.3) is 0 Å². The molecule has 2 atom stereocenters. The van der Waals surface area contributed by atoms with Crippen molar-refractivity contribution in [2.24, 2.45) is 0 Å². The van der Waals surface area contributed by atoms with Gasteiger partial charge in [-0.25, -0.2) is 0 Å². The minimum Gasteiger partial charge on any atom is -0.756 e. The third kappa shape index (κ3) is 41.4. The van der Waals surface area contributed by atoms with Crippen LogP contribution >= 0.6 is 7.82 Å². The Kier molecular flexibility index (Phi) is 36.2. The first-order valence-electron chi connectivity index (χ1n) is 21.9. The van der Waals surface area contributed by atoms with Crippen LogP contribution in [0.15, 0.2) is 48.6 Å². The number of nitrogens with zero attached hydrogens (tertiary/aromatic N) is 1. The molecular weight excluding hydrogens is 713 g/mol. The average Bonchev–Trinajstić information content (AvgIpc) is 3.13. The van der Waals surface area contributed by atoms with Crippen LogP contribution in [0.1, 0.15) is 174 Å². The topological polar surface area (TPSA) is 111 Å². The molecule has 0 aromatic rings. The molecule has 0 bridgehead atoms. The van der Waals surface area contributed by atoms with Crippen molar-refractivity contribution < 1.29 is 42.1 Å². The van der Waals surface area contributed by atoms with E-state index in [0.29, 0.717) is 17.4 Å². The number of unbranched alkanes of at least 4 members (excludes halogenated alkanes) is 20. The summed E-state index contributed by atoms with van der Waals surface area (Å²) in [5, 5.41) is 0. The maximum Gasteiger partial charge on any atom is 0.306 e. The van der Waals surface area contributed by atoms with Crippen molar-refractivity contribution in [1.82, 2.24) is 0 Å². The van der Waals surface area contributed by atoms with Crippen molar-refractivity contribution in [1.29, 1.82) is 0 Å². The first kappa shape index (κ1) is 53.0. The molecule has 0 heterocycles. The largest absolute Gasteiger partial charge is 0.756 e. The molecule has 320 valence electrons. The number of carbonyl (C=O) groups is 2. The van der Waals surface area contributed by atoms with E-state index >= 15 is 0 Å². The van der Waals surface area contributed by atoms with Gasteiger partial charge in [0.05, 0.1) is 27.7 Å². The summed E-state index contributed by atoms with van der Waals surface area (Å²) < 4.78 is 33.9. The summed E-state index contributed by atoms with van der Waals surface area (Å²) in [6.07, 6.45) is 42.8. The molecule has 0 aromatic carbocycles. The van der Waals surface area contributed by atoms with Crippen LogP contribution in [-0.4, -0.2) is 70.0 Å². The van der Waals surface area contributed by atoms with Crippen LogP contribution in [0.3, 0.4) is 0 Å². The van der Waals surface area contributed by atoms with Gasteiger partial charge in [-0.2, -0.15) is 0 Å². The van der Waals surface area contributed by atoms with Gasteiger partial charge in [0, 0.05) is 12.8 Å². The number of phosphoric acid groups is 1. The highest BCUT2D eigenvalue weighted by atomic mass is 31.2. The molecule has 0 amide bonds. The normalized spacial score (nSPS) is 14.1. The molecule has 0 rings (SSSR count). The van der Waals surface area contributed by atoms with Gasteiger partial charge in [0.15, 0.2) is 6.10 Å². The second-order valence-corrected chi connectivity index (χ2v) is 17.2. The van der Waals surface area contributed by atoms with Gasteiger partial charge < -0.3 is 27.9 Å². The SMILES string of the molecule is CC/C=C/C=C/C=C/C=C/CCCCCCCC(=O)O[C@H](COC(=O)CCCCCCCCCCCCCCCCCC)COP(=O)([O-])OCC[N+](C)(C)C. The number of quaternary nitrogens is 1. The fourth-order valence-electron chi connectivity index (χ4n) is 5.78. The highest BCUT2D eigenvalue weighted by Crippen LogP contribution is 2.38. The van der Waals surface area contributed by atoms with E-state index in [1.54, 1.807) is 0 Å². The van der Waals surface area contributed by atoms with Gasteiger partial charge in [0.1, 0.15) is 19.8 Å². The standard InChI is InChI=1S/C45H82NO8P/c1-6-8-10-12-14-16-18-20-22-24-25-27-29-31-33-35-37-44(47)51-41-43(42-53-55(49,50)52-40-39-46(3,4)5)54-45(48)38-36-34-32-30-28-26-23-21-19-17-15-13-11-9-7-2/h9,11,13,15,17,19,21,23,43H,6-8,10,12,14,16,18,20,22,24-42H2,1-5H3/b11-9+,15-13+,19-17+,23-21+/t43-/m1/s1. The van der Waals surface area contributed by atoms with Crippen LogP contribution in [0, 0.1) is 0 Å². The smallest absolute Gasteiger partial charge is 0.306 e. The lowest BCUT2D eigenvalue weighted by atomic mass is 10.0.